The molecule has 17 rings (SSSR count). The van der Waals surface area contributed by atoms with E-state index in [4.69, 9.17) is 43.2 Å². The Morgan fingerprint density at radius 1 is 0.304 bits per heavy atom. The van der Waals surface area contributed by atoms with Gasteiger partial charge in [-0.25, -0.2) is 4.68 Å². The van der Waals surface area contributed by atoms with Crippen LogP contribution >= 0.6 is 0 Å². The molecule has 0 saturated carbocycles. The predicted molar refractivity (Wildman–Crippen MR) is 487 cm³/mol. The summed E-state index contributed by atoms with van der Waals surface area (Å²) in [5, 5.41) is 14.5. The quantitative estimate of drug-likeness (QED) is 0.0383. The van der Waals surface area contributed by atoms with Gasteiger partial charge in [0.15, 0.2) is 0 Å². The van der Waals surface area contributed by atoms with Gasteiger partial charge in [-0.2, -0.15) is 0 Å². The number of nitrogens with zero attached hydrogens (tertiary/aromatic N) is 21. The molecule has 0 bridgehead atoms. The summed E-state index contributed by atoms with van der Waals surface area (Å²) >= 11 is 0. The summed E-state index contributed by atoms with van der Waals surface area (Å²) in [6, 6.07) is 103. The molecule has 13 aromatic heterocycles. The molecule has 0 saturated heterocycles. The van der Waals surface area contributed by atoms with Gasteiger partial charge in [0.05, 0.1) is 93.3 Å². The summed E-state index contributed by atoms with van der Waals surface area (Å²) < 4.78 is 1.92. The second-order valence-corrected chi connectivity index (χ2v) is 24.0. The fraction of sp³-hybridized carbons (Fsp3) is 0.0495. The third-order valence-corrected chi connectivity index (χ3v) is 15.6. The van der Waals surface area contributed by atoms with Crippen LogP contribution < -0.4 is 0 Å². The first kappa shape index (κ1) is 101. The van der Waals surface area contributed by atoms with E-state index in [1.165, 1.54) is 12.6 Å². The van der Waals surface area contributed by atoms with Crippen molar-refractivity contribution in [2.45, 2.75) is 26.4 Å². The number of benzene rings is 4. The molecule has 0 fully saturated rings. The Kier molecular flexibility index (Phi) is 52.0. The van der Waals surface area contributed by atoms with Crippen LogP contribution in [0.3, 0.4) is 0 Å². The molecule has 0 N–H and O–H groups in total. The van der Waals surface area contributed by atoms with E-state index in [0.29, 0.717) is 6.54 Å². The fourth-order valence-electron chi connectivity index (χ4n) is 9.74. The maximum Gasteiger partial charge on any atom is 0.0898 e. The Labute approximate surface area is 768 Å². The van der Waals surface area contributed by atoms with Crippen molar-refractivity contribution in [1.82, 2.24) is 74.8 Å². The zero-order valence-electron chi connectivity index (χ0n) is 68.1. The van der Waals surface area contributed by atoms with Gasteiger partial charge in [-0.15, -0.1) is 43.1 Å². The summed E-state index contributed by atoms with van der Waals surface area (Å²) in [6.45, 7) is 3.13. The summed E-state index contributed by atoms with van der Waals surface area (Å²) in [5.41, 5.74) is 33.6. The summed E-state index contributed by atoms with van der Waals surface area (Å²) in [5.74, 6) is 12.6. The number of terminal acetylenes is 5. The first-order chi connectivity index (χ1) is 60.2. The SMILES string of the molecule is C#CCC.C#Cc1ccc(-c2ccccn2)nc1.C#Cc1ccc(-c2ccccn2)nc1.C#Cc1ccccc1.C#Cc1ccnc(-c2ccccn2)c1.CN=[N+]=[N-].[N-]=[N+]=NCc1ccccc1.[Ru].[Ru].[Ru].c1ccc(-c2ccccn2)nc1.c1ccc(-c2ccccn2)nc1.c1ccc(-c2ccccn2)nc1.c1ccc(Cn2nncc2-c2ccccc2)cc1. The first-order valence-corrected chi connectivity index (χ1v) is 37.6. The van der Waals surface area contributed by atoms with Crippen LogP contribution in [0.25, 0.3) is 100 Å². The standard InChI is InChI=1S/C15H13N3.3C12H8N2.3C10H8N2.C8H6.C7H7N3.C4H6.CH3N3.3Ru/c1-3-7-13(8-4-1)12-18-15(11-16-17-18)14-9-5-2-6-10-14;2*1-2-10-6-7-12(14-9-10)11-5-3-4-8-13-11;1-2-10-6-8-14-12(9-10)11-5-3-4-7-13-11;3*1-3-7-11-9(5-1)10-6-2-4-8-12-10;1-2-8-6-4-3-5-7-8;8-10-9-6-7-4-2-1-3-5-7;2*1-3-4-2;;;/h1-11H,12H2;3*1,3-9H;3*1-8H;1,3-7H;1-5H,6H2;1H,4H2,2H3;1H3;;;. The number of hydrogen-bond donors (Lipinski definition) is 0. The van der Waals surface area contributed by atoms with Gasteiger partial charge in [0.1, 0.15) is 0 Å². The average molecular weight is 1890 g/mol. The van der Waals surface area contributed by atoms with E-state index >= 15 is 0 Å². The zero-order valence-corrected chi connectivity index (χ0v) is 73.3. The monoisotopic (exact) mass is 1900 g/mol. The van der Waals surface area contributed by atoms with Crippen LogP contribution in [0.5, 0.6) is 0 Å². The zero-order chi connectivity index (χ0) is 86.2. The number of azide groups is 2. The average Bonchev–Trinajstić information content (AvgIpc) is 1.76. The molecule has 616 valence electrons. The topological polar surface area (TPSA) is 283 Å². The normalized spacial score (nSPS) is 8.90. The molecule has 0 radical (unpaired) electrons. The molecule has 0 aliphatic rings. The number of rotatable bonds is 11. The molecule has 0 spiro atoms. The maximum absolute atomic E-state index is 7.99. The van der Waals surface area contributed by atoms with E-state index < -0.39 is 0 Å². The smallest absolute Gasteiger partial charge is 0.0898 e. The van der Waals surface area contributed by atoms with Gasteiger partial charge >= 0.3 is 0 Å². The van der Waals surface area contributed by atoms with Crippen LogP contribution in [0, 0.1) is 61.7 Å². The van der Waals surface area contributed by atoms with Crippen molar-refractivity contribution >= 4 is 0 Å². The Balaban J connectivity index is 0.000000292. The molecule has 0 aliphatic carbocycles. The van der Waals surface area contributed by atoms with Crippen molar-refractivity contribution in [3.63, 3.8) is 0 Å². The third kappa shape index (κ3) is 40.2. The van der Waals surface area contributed by atoms with Crippen molar-refractivity contribution in [3.8, 4) is 141 Å². The molecule has 125 heavy (non-hydrogen) atoms. The largest absolute Gasteiger partial charge is 0.255 e. The number of aromatic nitrogens is 15. The minimum atomic E-state index is 0. The summed E-state index contributed by atoms with van der Waals surface area (Å²) in [6.07, 6.45) is 49.2. The Hall–Kier alpha value is -15.9. The van der Waals surface area contributed by atoms with E-state index in [-0.39, 0.29) is 58.4 Å². The van der Waals surface area contributed by atoms with E-state index in [9.17, 15) is 0 Å². The van der Waals surface area contributed by atoms with Crippen LogP contribution in [0.15, 0.2) is 412 Å². The van der Waals surface area contributed by atoms with Gasteiger partial charge in [0, 0.05) is 184 Å². The summed E-state index contributed by atoms with van der Waals surface area (Å²) in [4.78, 5) is 55.3. The van der Waals surface area contributed by atoms with Crippen LogP contribution in [-0.2, 0) is 71.5 Å². The molecule has 24 heteroatoms. The molecular formula is C101H83N21Ru3. The Bertz CT molecular complexity index is 5640. The molecule has 17 aromatic rings. The molecule has 4 aromatic carbocycles. The molecule has 0 atom stereocenters. The molecule has 0 aliphatic heterocycles. The van der Waals surface area contributed by atoms with E-state index in [1.54, 1.807) is 86.6 Å². The molecule has 0 amide bonds. The van der Waals surface area contributed by atoms with Gasteiger partial charge in [0.2, 0.25) is 0 Å². The maximum atomic E-state index is 7.99. The van der Waals surface area contributed by atoms with E-state index in [1.807, 2.05) is 303 Å². The Morgan fingerprint density at radius 2 is 0.592 bits per heavy atom. The van der Waals surface area contributed by atoms with Crippen LogP contribution in [-0.4, -0.2) is 81.8 Å². The van der Waals surface area contributed by atoms with Crippen molar-refractivity contribution < 1.29 is 58.4 Å². The first-order valence-electron chi connectivity index (χ1n) is 37.6. The van der Waals surface area contributed by atoms with Gasteiger partial charge in [0.25, 0.3) is 0 Å². The fourth-order valence-corrected chi connectivity index (χ4v) is 9.74. The molecule has 13 heterocycles. The van der Waals surface area contributed by atoms with E-state index in [2.05, 4.69) is 144 Å². The van der Waals surface area contributed by atoms with Crippen molar-refractivity contribution in [3.05, 3.63) is 456 Å². The summed E-state index contributed by atoms with van der Waals surface area (Å²) in [7, 11) is 1.39. The van der Waals surface area contributed by atoms with Crippen molar-refractivity contribution in [2.75, 3.05) is 7.05 Å². The van der Waals surface area contributed by atoms with Crippen molar-refractivity contribution in [2.24, 2.45) is 10.2 Å². The van der Waals surface area contributed by atoms with Crippen LogP contribution in [0.4, 0.5) is 0 Å². The van der Waals surface area contributed by atoms with Crippen LogP contribution in [0.1, 0.15) is 46.7 Å². The number of pyridine rings is 12. The second kappa shape index (κ2) is 64.1. The number of hydrogen-bond acceptors (Lipinski definition) is 16. The van der Waals surface area contributed by atoms with Gasteiger partial charge in [-0.05, 0) is 180 Å². The molecule has 0 unspecified atom stereocenters. The molecule has 21 nitrogen and oxygen atoms in total. The minimum Gasteiger partial charge on any atom is -0.255 e. The van der Waals surface area contributed by atoms with Gasteiger partial charge in [-0.1, -0.05) is 210 Å². The van der Waals surface area contributed by atoms with E-state index in [0.717, 1.165) is 120 Å². The molecular weight excluding hydrogens is 1810 g/mol. The predicted octanol–water partition coefficient (Wildman–Crippen LogP) is 21.9. The minimum absolute atomic E-state index is 0. The van der Waals surface area contributed by atoms with Crippen LogP contribution in [0.2, 0.25) is 0 Å². The van der Waals surface area contributed by atoms with Gasteiger partial charge in [-0.3, -0.25) is 59.8 Å². The van der Waals surface area contributed by atoms with Gasteiger partial charge < -0.3 is 0 Å². The second-order valence-electron chi connectivity index (χ2n) is 24.0. The third-order valence-electron chi connectivity index (χ3n) is 15.6. The Morgan fingerprint density at radius 3 is 0.864 bits per heavy atom. The van der Waals surface area contributed by atoms with Crippen molar-refractivity contribution in [1.29, 1.82) is 0 Å².